The van der Waals surface area contributed by atoms with E-state index in [1.165, 1.54) is 22.2 Å². The normalized spacial score (nSPS) is 12.3. The van der Waals surface area contributed by atoms with Crippen LogP contribution in [-0.2, 0) is 11.3 Å². The summed E-state index contributed by atoms with van der Waals surface area (Å²) in [6, 6.07) is 7.63. The van der Waals surface area contributed by atoms with E-state index in [-0.39, 0.29) is 24.1 Å². The van der Waals surface area contributed by atoms with Gasteiger partial charge in [-0.15, -0.1) is 11.3 Å². The SMILES string of the molecule is Cc1sc2ncn(CC(=O)NC(C)c3ccc(Br)cc3)c(=O)c2c1C. The number of benzene rings is 1. The smallest absolute Gasteiger partial charge is 0.262 e. The van der Waals surface area contributed by atoms with Crippen LogP contribution in [0.3, 0.4) is 0 Å². The fraction of sp³-hybridized carbons (Fsp3) is 0.278. The number of nitrogens with zero attached hydrogens (tertiary/aromatic N) is 2. The summed E-state index contributed by atoms with van der Waals surface area (Å²) in [4.78, 5) is 31.1. The average molecular weight is 420 g/mol. The van der Waals surface area contributed by atoms with E-state index < -0.39 is 0 Å². The maximum Gasteiger partial charge on any atom is 0.262 e. The molecule has 0 aliphatic carbocycles. The molecule has 1 amide bonds. The second-order valence-corrected chi connectivity index (χ2v) is 8.10. The van der Waals surface area contributed by atoms with E-state index in [9.17, 15) is 9.59 Å². The van der Waals surface area contributed by atoms with E-state index in [1.54, 1.807) is 0 Å². The molecule has 0 bridgehead atoms. The highest BCUT2D eigenvalue weighted by Crippen LogP contribution is 2.25. The molecular weight excluding hydrogens is 402 g/mol. The number of halogens is 1. The number of fused-ring (bicyclic) bond motifs is 1. The number of thiophene rings is 1. The Bertz CT molecular complexity index is 992. The Labute approximate surface area is 157 Å². The predicted molar refractivity (Wildman–Crippen MR) is 104 cm³/mol. The zero-order valence-electron chi connectivity index (χ0n) is 14.2. The van der Waals surface area contributed by atoms with Gasteiger partial charge in [-0.3, -0.25) is 14.2 Å². The summed E-state index contributed by atoms with van der Waals surface area (Å²) >= 11 is 4.89. The van der Waals surface area contributed by atoms with Gasteiger partial charge in [0.05, 0.1) is 17.8 Å². The maximum atomic E-state index is 12.6. The van der Waals surface area contributed by atoms with Crippen LogP contribution in [0, 0.1) is 13.8 Å². The quantitative estimate of drug-likeness (QED) is 0.700. The lowest BCUT2D eigenvalue weighted by Crippen LogP contribution is -2.33. The van der Waals surface area contributed by atoms with E-state index in [0.717, 1.165) is 25.3 Å². The summed E-state index contributed by atoms with van der Waals surface area (Å²) in [6.45, 7) is 5.75. The van der Waals surface area contributed by atoms with Crippen molar-refractivity contribution in [2.75, 3.05) is 0 Å². The third-order valence-electron chi connectivity index (χ3n) is 4.22. The van der Waals surface area contributed by atoms with Gasteiger partial charge < -0.3 is 5.32 Å². The molecule has 0 aliphatic heterocycles. The predicted octanol–water partition coefficient (Wildman–Crippen LogP) is 3.71. The first kappa shape index (κ1) is 17.8. The highest BCUT2D eigenvalue weighted by atomic mass is 79.9. The fourth-order valence-electron chi connectivity index (χ4n) is 2.66. The van der Waals surface area contributed by atoms with Crippen LogP contribution in [0.5, 0.6) is 0 Å². The van der Waals surface area contributed by atoms with Crippen molar-refractivity contribution in [1.82, 2.24) is 14.9 Å². The van der Waals surface area contributed by atoms with Gasteiger partial charge in [-0.1, -0.05) is 28.1 Å². The molecule has 2 heterocycles. The van der Waals surface area contributed by atoms with Crippen molar-refractivity contribution in [2.45, 2.75) is 33.4 Å². The summed E-state index contributed by atoms with van der Waals surface area (Å²) in [7, 11) is 0. The van der Waals surface area contributed by atoms with Crippen molar-refractivity contribution in [3.05, 3.63) is 61.4 Å². The minimum atomic E-state index is -0.219. The zero-order valence-corrected chi connectivity index (χ0v) is 16.6. The van der Waals surface area contributed by atoms with Crippen LogP contribution in [-0.4, -0.2) is 15.5 Å². The van der Waals surface area contributed by atoms with Gasteiger partial charge in [0.1, 0.15) is 11.4 Å². The first-order chi connectivity index (χ1) is 11.9. The van der Waals surface area contributed by atoms with E-state index in [1.807, 2.05) is 45.0 Å². The molecule has 1 N–H and O–H groups in total. The summed E-state index contributed by atoms with van der Waals surface area (Å²) in [5, 5.41) is 3.53. The molecule has 130 valence electrons. The average Bonchev–Trinajstić information content (AvgIpc) is 2.86. The van der Waals surface area contributed by atoms with Gasteiger partial charge in [0.2, 0.25) is 5.91 Å². The Morgan fingerprint density at radius 2 is 2.00 bits per heavy atom. The fourth-order valence-corrected chi connectivity index (χ4v) is 3.91. The van der Waals surface area contributed by atoms with Gasteiger partial charge in [0.25, 0.3) is 5.56 Å². The third-order valence-corrected chi connectivity index (χ3v) is 5.86. The Morgan fingerprint density at radius 1 is 1.32 bits per heavy atom. The maximum absolute atomic E-state index is 12.6. The van der Waals surface area contributed by atoms with Gasteiger partial charge in [-0.25, -0.2) is 4.98 Å². The number of rotatable bonds is 4. The molecule has 5 nitrogen and oxygen atoms in total. The monoisotopic (exact) mass is 419 g/mol. The Morgan fingerprint density at radius 3 is 2.68 bits per heavy atom. The Balaban J connectivity index is 1.78. The molecule has 3 rings (SSSR count). The lowest BCUT2D eigenvalue weighted by atomic mass is 10.1. The first-order valence-electron chi connectivity index (χ1n) is 7.86. The van der Waals surface area contributed by atoms with Gasteiger partial charge in [0.15, 0.2) is 0 Å². The Hall–Kier alpha value is -1.99. The minimum Gasteiger partial charge on any atom is -0.348 e. The van der Waals surface area contributed by atoms with E-state index in [0.29, 0.717) is 5.39 Å². The van der Waals surface area contributed by atoms with E-state index >= 15 is 0 Å². The molecule has 0 fully saturated rings. The number of nitrogens with one attached hydrogen (secondary N) is 1. The van der Waals surface area contributed by atoms with Crippen molar-refractivity contribution in [1.29, 1.82) is 0 Å². The standard InChI is InChI=1S/C18H18BrN3O2S/c1-10-12(3)25-17-16(10)18(24)22(9-20-17)8-15(23)21-11(2)13-4-6-14(19)7-5-13/h4-7,9,11H,8H2,1-3H3,(H,21,23). The van der Waals surface area contributed by atoms with Gasteiger partial charge in [-0.2, -0.15) is 0 Å². The van der Waals surface area contributed by atoms with Crippen molar-refractivity contribution < 1.29 is 4.79 Å². The van der Waals surface area contributed by atoms with Crippen molar-refractivity contribution in [3.63, 3.8) is 0 Å². The zero-order chi connectivity index (χ0) is 18.1. The molecule has 1 unspecified atom stereocenters. The van der Waals surface area contributed by atoms with Crippen molar-refractivity contribution >= 4 is 43.4 Å². The molecular formula is C18H18BrN3O2S. The number of hydrogen-bond acceptors (Lipinski definition) is 4. The van der Waals surface area contributed by atoms with Gasteiger partial charge in [0, 0.05) is 9.35 Å². The summed E-state index contributed by atoms with van der Waals surface area (Å²) < 4.78 is 2.35. The second kappa shape index (κ2) is 7.09. The second-order valence-electron chi connectivity index (χ2n) is 5.98. The topological polar surface area (TPSA) is 64.0 Å². The molecule has 2 aromatic heterocycles. The summed E-state index contributed by atoms with van der Waals surface area (Å²) in [5.74, 6) is -0.219. The third kappa shape index (κ3) is 3.67. The highest BCUT2D eigenvalue weighted by molar-refractivity contribution is 9.10. The largest absolute Gasteiger partial charge is 0.348 e. The number of amides is 1. The van der Waals surface area contributed by atoms with Crippen molar-refractivity contribution in [3.8, 4) is 0 Å². The van der Waals surface area contributed by atoms with E-state index in [2.05, 4.69) is 26.2 Å². The number of aromatic nitrogens is 2. The van der Waals surface area contributed by atoms with Crippen LogP contribution < -0.4 is 10.9 Å². The first-order valence-corrected chi connectivity index (χ1v) is 9.47. The lowest BCUT2D eigenvalue weighted by Gasteiger charge is -2.15. The molecule has 3 aromatic rings. The molecule has 0 saturated heterocycles. The molecule has 25 heavy (non-hydrogen) atoms. The van der Waals surface area contributed by atoms with Crippen LogP contribution in [0.25, 0.3) is 10.2 Å². The summed E-state index contributed by atoms with van der Waals surface area (Å²) in [5.41, 5.74) is 1.77. The van der Waals surface area contributed by atoms with Crippen LogP contribution in [0.1, 0.15) is 29.0 Å². The number of carbonyl (C=O) groups excluding carboxylic acids is 1. The van der Waals surface area contributed by atoms with Crippen molar-refractivity contribution in [2.24, 2.45) is 0 Å². The molecule has 7 heteroatoms. The summed E-state index contributed by atoms with van der Waals surface area (Å²) in [6.07, 6.45) is 1.45. The van der Waals surface area contributed by atoms with Crippen LogP contribution in [0.15, 0.2) is 39.9 Å². The number of carbonyl (C=O) groups is 1. The van der Waals surface area contributed by atoms with Gasteiger partial charge in [-0.05, 0) is 44.0 Å². The number of aryl methyl sites for hydroxylation is 2. The minimum absolute atomic E-state index is 0.0447. The van der Waals surface area contributed by atoms with E-state index in [4.69, 9.17) is 0 Å². The van der Waals surface area contributed by atoms with Crippen LogP contribution in [0.2, 0.25) is 0 Å². The van der Waals surface area contributed by atoms with Crippen LogP contribution in [0.4, 0.5) is 0 Å². The van der Waals surface area contributed by atoms with Gasteiger partial charge >= 0.3 is 0 Å². The molecule has 0 spiro atoms. The molecule has 0 radical (unpaired) electrons. The molecule has 0 aliphatic rings. The molecule has 0 saturated carbocycles. The molecule has 1 aromatic carbocycles. The molecule has 1 atom stereocenters. The number of hydrogen-bond donors (Lipinski definition) is 1. The Kier molecular flexibility index (Phi) is 5.06. The lowest BCUT2D eigenvalue weighted by molar-refractivity contribution is -0.122. The van der Waals surface area contributed by atoms with Crippen LogP contribution >= 0.6 is 27.3 Å². The highest BCUT2D eigenvalue weighted by Gasteiger charge is 2.15.